The largest absolute Gasteiger partial charge is 0.388 e. The molecule has 1 aliphatic heterocycles. The van der Waals surface area contributed by atoms with E-state index in [-0.39, 0.29) is 0 Å². The molecule has 1 saturated heterocycles. The Bertz CT molecular complexity index is 305. The van der Waals surface area contributed by atoms with Gasteiger partial charge in [-0.3, -0.25) is 0 Å². The molecule has 6 heteroatoms. The van der Waals surface area contributed by atoms with Crippen LogP contribution >= 0.6 is 0 Å². The molecule has 6 nitrogen and oxygen atoms in total. The van der Waals surface area contributed by atoms with Crippen molar-refractivity contribution in [2.75, 3.05) is 26.4 Å². The Morgan fingerprint density at radius 3 is 2.12 bits per heavy atom. The fraction of sp³-hybridized carbons (Fsp3) is 1.00. The second kappa shape index (κ2) is 13.0. The van der Waals surface area contributed by atoms with Crippen molar-refractivity contribution in [3.05, 3.63) is 0 Å². The molecule has 0 unspecified atom stereocenters. The van der Waals surface area contributed by atoms with E-state index in [0.29, 0.717) is 26.4 Å². The maximum Gasteiger partial charge on any atom is 0.175 e. The average Bonchev–Trinajstić information content (AvgIpc) is 2.58. The minimum absolute atomic E-state index is 0.329. The van der Waals surface area contributed by atoms with Crippen molar-refractivity contribution in [2.24, 2.45) is 5.73 Å². The molecule has 1 rings (SSSR count). The van der Waals surface area contributed by atoms with Gasteiger partial charge in [-0.05, 0) is 19.3 Å². The van der Waals surface area contributed by atoms with Gasteiger partial charge >= 0.3 is 0 Å². The van der Waals surface area contributed by atoms with Crippen LogP contribution in [0.15, 0.2) is 0 Å². The molecule has 144 valence electrons. The predicted molar refractivity (Wildman–Crippen MR) is 93.9 cm³/mol. The molecule has 0 saturated carbocycles. The van der Waals surface area contributed by atoms with Gasteiger partial charge in [-0.15, -0.1) is 0 Å². The Hall–Kier alpha value is -0.240. The molecule has 1 fully saturated rings. The van der Waals surface area contributed by atoms with E-state index >= 15 is 0 Å². The molecule has 1 heterocycles. The molecule has 0 spiro atoms. The number of unbranched alkanes of at least 4 members (excludes halogenated alkanes) is 3. The van der Waals surface area contributed by atoms with Crippen molar-refractivity contribution >= 4 is 0 Å². The molecule has 0 aromatic heterocycles. The van der Waals surface area contributed by atoms with Crippen LogP contribution in [0.4, 0.5) is 0 Å². The second-order valence-electron chi connectivity index (χ2n) is 6.45. The smallest absolute Gasteiger partial charge is 0.175 e. The number of ether oxygens (including phenoxy) is 4. The third-order valence-electron chi connectivity index (χ3n) is 4.23. The lowest BCUT2D eigenvalue weighted by atomic mass is 9.97. The highest BCUT2D eigenvalue weighted by atomic mass is 16.7. The van der Waals surface area contributed by atoms with Gasteiger partial charge in [0.1, 0.15) is 18.3 Å². The first-order chi connectivity index (χ1) is 11.7. The summed E-state index contributed by atoms with van der Waals surface area (Å²) in [5.41, 5.74) is 6.24. The van der Waals surface area contributed by atoms with Crippen molar-refractivity contribution in [2.45, 2.75) is 89.9 Å². The Morgan fingerprint density at radius 1 is 0.917 bits per heavy atom. The molecule has 0 aromatic carbocycles. The summed E-state index contributed by atoms with van der Waals surface area (Å²) < 4.78 is 23.1. The summed E-state index contributed by atoms with van der Waals surface area (Å²) in [5, 5.41) is 10.6. The fourth-order valence-electron chi connectivity index (χ4n) is 2.59. The maximum atomic E-state index is 10.6. The highest BCUT2D eigenvalue weighted by Gasteiger charge is 2.44. The Balaban J connectivity index is 2.60. The zero-order valence-electron chi connectivity index (χ0n) is 15.6. The van der Waals surface area contributed by atoms with Crippen molar-refractivity contribution in [3.8, 4) is 0 Å². The lowest BCUT2D eigenvalue weighted by molar-refractivity contribution is -0.275. The fourth-order valence-corrected chi connectivity index (χ4v) is 2.59. The topological polar surface area (TPSA) is 83.2 Å². The van der Waals surface area contributed by atoms with Crippen LogP contribution in [-0.2, 0) is 18.9 Å². The van der Waals surface area contributed by atoms with E-state index in [1.165, 1.54) is 0 Å². The Kier molecular flexibility index (Phi) is 11.8. The summed E-state index contributed by atoms with van der Waals surface area (Å²) in [6.45, 7) is 8.49. The number of aliphatic hydroxyl groups excluding tert-OH is 1. The van der Waals surface area contributed by atoms with Crippen LogP contribution < -0.4 is 5.73 Å². The van der Waals surface area contributed by atoms with Crippen molar-refractivity contribution in [1.29, 1.82) is 0 Å². The number of nitrogens with two attached hydrogens (primary N) is 1. The predicted octanol–water partition coefficient (Wildman–Crippen LogP) is 2.22. The summed E-state index contributed by atoms with van der Waals surface area (Å²) in [5.74, 6) is 0. The molecule has 5 atom stereocenters. The van der Waals surface area contributed by atoms with E-state index in [0.717, 1.165) is 38.5 Å². The van der Waals surface area contributed by atoms with Gasteiger partial charge in [0.2, 0.25) is 0 Å². The van der Waals surface area contributed by atoms with Gasteiger partial charge in [-0.1, -0.05) is 40.0 Å². The molecule has 0 radical (unpaired) electrons. The maximum absolute atomic E-state index is 10.6. The molecular formula is C18H37NO5. The molecule has 0 aliphatic carbocycles. The highest BCUT2D eigenvalue weighted by Crippen LogP contribution is 2.24. The standard InChI is InChI=1S/C18H37NO5/c1-4-7-10-21-13-14-16(20)17(22-11-8-5-2)15(19)18(24-14)23-12-9-6-3/h14-18,20H,4-13,19H2,1-3H3/t14-,15+,16-,17-,18+/m1/s1. The van der Waals surface area contributed by atoms with Crippen LogP contribution in [-0.4, -0.2) is 62.2 Å². The molecule has 1 aliphatic rings. The summed E-state index contributed by atoms with van der Waals surface area (Å²) >= 11 is 0. The number of rotatable bonds is 13. The van der Waals surface area contributed by atoms with Crippen LogP contribution in [0.2, 0.25) is 0 Å². The van der Waals surface area contributed by atoms with Gasteiger partial charge in [0.05, 0.1) is 12.6 Å². The average molecular weight is 347 g/mol. The van der Waals surface area contributed by atoms with Gasteiger partial charge in [-0.25, -0.2) is 0 Å². The molecule has 24 heavy (non-hydrogen) atoms. The molecule has 0 amide bonds. The summed E-state index contributed by atoms with van der Waals surface area (Å²) in [6.07, 6.45) is 3.72. The minimum Gasteiger partial charge on any atom is -0.388 e. The van der Waals surface area contributed by atoms with E-state index < -0.39 is 30.6 Å². The van der Waals surface area contributed by atoms with E-state index in [2.05, 4.69) is 20.8 Å². The van der Waals surface area contributed by atoms with Crippen molar-refractivity contribution in [3.63, 3.8) is 0 Å². The van der Waals surface area contributed by atoms with Crippen molar-refractivity contribution in [1.82, 2.24) is 0 Å². The van der Waals surface area contributed by atoms with Crippen LogP contribution in [0, 0.1) is 0 Å². The number of hydrogen-bond acceptors (Lipinski definition) is 6. The molecule has 0 aromatic rings. The third kappa shape index (κ3) is 7.33. The van der Waals surface area contributed by atoms with Gasteiger partial charge in [0, 0.05) is 19.8 Å². The Morgan fingerprint density at radius 2 is 1.50 bits per heavy atom. The summed E-state index contributed by atoms with van der Waals surface area (Å²) in [7, 11) is 0. The van der Waals surface area contributed by atoms with Crippen LogP contribution in [0.3, 0.4) is 0 Å². The van der Waals surface area contributed by atoms with Crippen LogP contribution in [0.1, 0.15) is 59.3 Å². The quantitative estimate of drug-likeness (QED) is 0.497. The lowest BCUT2D eigenvalue weighted by Gasteiger charge is -2.43. The van der Waals surface area contributed by atoms with Crippen LogP contribution in [0.25, 0.3) is 0 Å². The second-order valence-corrected chi connectivity index (χ2v) is 6.45. The van der Waals surface area contributed by atoms with Gasteiger partial charge in [-0.2, -0.15) is 0 Å². The van der Waals surface area contributed by atoms with Gasteiger partial charge in [0.15, 0.2) is 6.29 Å². The van der Waals surface area contributed by atoms with Gasteiger partial charge < -0.3 is 29.8 Å². The first kappa shape index (κ1) is 21.8. The lowest BCUT2D eigenvalue weighted by Crippen LogP contribution is -2.63. The zero-order chi connectivity index (χ0) is 17.8. The Labute approximate surface area is 147 Å². The highest BCUT2D eigenvalue weighted by molar-refractivity contribution is 4.93. The van der Waals surface area contributed by atoms with Crippen molar-refractivity contribution < 1.29 is 24.1 Å². The van der Waals surface area contributed by atoms with E-state index in [9.17, 15) is 5.11 Å². The van der Waals surface area contributed by atoms with Gasteiger partial charge in [0.25, 0.3) is 0 Å². The van der Waals surface area contributed by atoms with E-state index in [1.54, 1.807) is 0 Å². The minimum atomic E-state index is -0.801. The number of hydrogen-bond donors (Lipinski definition) is 2. The zero-order valence-corrected chi connectivity index (χ0v) is 15.6. The number of aliphatic hydroxyl groups is 1. The molecular weight excluding hydrogens is 310 g/mol. The summed E-state index contributed by atoms with van der Waals surface area (Å²) in [6, 6.07) is -0.499. The third-order valence-corrected chi connectivity index (χ3v) is 4.23. The SMILES string of the molecule is CCCCOC[C@H]1O[C@H](OCCCC)[C@@H](N)[C@@H](OCCCC)[C@@H]1O. The molecule has 3 N–H and O–H groups in total. The van der Waals surface area contributed by atoms with E-state index in [4.69, 9.17) is 24.7 Å². The van der Waals surface area contributed by atoms with Crippen LogP contribution in [0.5, 0.6) is 0 Å². The summed E-state index contributed by atoms with van der Waals surface area (Å²) in [4.78, 5) is 0. The normalized spacial score (nSPS) is 30.6. The molecule has 0 bridgehead atoms. The monoisotopic (exact) mass is 347 g/mol. The first-order valence-electron chi connectivity index (χ1n) is 9.55. The first-order valence-corrected chi connectivity index (χ1v) is 9.55. The van der Waals surface area contributed by atoms with E-state index in [1.807, 2.05) is 0 Å².